The zero-order valence-corrected chi connectivity index (χ0v) is 9.86. The summed E-state index contributed by atoms with van der Waals surface area (Å²) in [4.78, 5) is 0. The van der Waals surface area contributed by atoms with Crippen molar-refractivity contribution in [3.05, 3.63) is 29.8 Å². The van der Waals surface area contributed by atoms with Crippen molar-refractivity contribution in [3.8, 4) is 5.75 Å². The second kappa shape index (κ2) is 5.76. The maximum Gasteiger partial charge on any atom is 0.119 e. The second-order valence-electron chi connectivity index (χ2n) is 4.19. The largest absolute Gasteiger partial charge is 0.494 e. The highest BCUT2D eigenvalue weighted by atomic mass is 16.5. The van der Waals surface area contributed by atoms with Gasteiger partial charge < -0.3 is 10.5 Å². The fraction of sp³-hybridized carbons (Fsp3) is 0.538. The Bertz CT molecular complexity index is 296. The SMILES string of the molecule is CCOc1cccc(CC(N)C(C)C)c1. The molecule has 0 saturated carbocycles. The van der Waals surface area contributed by atoms with Crippen LogP contribution in [0.3, 0.4) is 0 Å². The molecule has 1 aromatic carbocycles. The predicted octanol–water partition coefficient (Wildman–Crippen LogP) is 2.61. The Kier molecular flexibility index (Phi) is 4.63. The summed E-state index contributed by atoms with van der Waals surface area (Å²) >= 11 is 0. The van der Waals surface area contributed by atoms with Gasteiger partial charge in [-0.1, -0.05) is 26.0 Å². The molecule has 0 fully saturated rings. The lowest BCUT2D eigenvalue weighted by atomic mass is 9.97. The minimum absolute atomic E-state index is 0.224. The lowest BCUT2D eigenvalue weighted by molar-refractivity contribution is 0.339. The molecule has 0 spiro atoms. The molecule has 0 amide bonds. The molecule has 0 aliphatic rings. The van der Waals surface area contributed by atoms with Crippen LogP contribution in [0.1, 0.15) is 26.3 Å². The first-order chi connectivity index (χ1) is 7.13. The van der Waals surface area contributed by atoms with E-state index in [2.05, 4.69) is 26.0 Å². The van der Waals surface area contributed by atoms with Crippen molar-refractivity contribution in [2.24, 2.45) is 11.7 Å². The lowest BCUT2D eigenvalue weighted by Crippen LogP contribution is -2.28. The van der Waals surface area contributed by atoms with E-state index in [9.17, 15) is 0 Å². The molecule has 0 aliphatic heterocycles. The van der Waals surface area contributed by atoms with Crippen molar-refractivity contribution < 1.29 is 4.74 Å². The lowest BCUT2D eigenvalue weighted by Gasteiger charge is -2.15. The summed E-state index contributed by atoms with van der Waals surface area (Å²) in [6, 6.07) is 8.40. The van der Waals surface area contributed by atoms with Crippen LogP contribution in [-0.4, -0.2) is 12.6 Å². The van der Waals surface area contributed by atoms with Gasteiger partial charge in [-0.3, -0.25) is 0 Å². The molecule has 0 saturated heterocycles. The monoisotopic (exact) mass is 207 g/mol. The van der Waals surface area contributed by atoms with Crippen LogP contribution in [0.2, 0.25) is 0 Å². The minimum atomic E-state index is 0.224. The standard InChI is InChI=1S/C13H21NO/c1-4-15-12-7-5-6-11(8-12)9-13(14)10(2)3/h5-8,10,13H,4,9,14H2,1-3H3. The van der Waals surface area contributed by atoms with Gasteiger partial charge in [-0.15, -0.1) is 0 Å². The average Bonchev–Trinajstić information content (AvgIpc) is 2.18. The van der Waals surface area contributed by atoms with Crippen molar-refractivity contribution in [1.29, 1.82) is 0 Å². The second-order valence-corrected chi connectivity index (χ2v) is 4.19. The fourth-order valence-corrected chi connectivity index (χ4v) is 1.44. The number of nitrogens with two attached hydrogens (primary N) is 1. The molecule has 0 aromatic heterocycles. The van der Waals surface area contributed by atoms with Crippen molar-refractivity contribution in [2.45, 2.75) is 33.2 Å². The van der Waals surface area contributed by atoms with E-state index in [1.807, 2.05) is 19.1 Å². The number of rotatable bonds is 5. The molecule has 1 rings (SSSR count). The first kappa shape index (κ1) is 12.1. The summed E-state index contributed by atoms with van der Waals surface area (Å²) in [5, 5.41) is 0. The Hall–Kier alpha value is -1.02. The molecular weight excluding hydrogens is 186 g/mol. The van der Waals surface area contributed by atoms with Crippen molar-refractivity contribution in [3.63, 3.8) is 0 Å². The third-order valence-corrected chi connectivity index (χ3v) is 2.54. The molecule has 1 atom stereocenters. The molecule has 1 aromatic rings. The van der Waals surface area contributed by atoms with Crippen LogP contribution in [0.5, 0.6) is 5.75 Å². The number of hydrogen-bond acceptors (Lipinski definition) is 2. The Balaban J connectivity index is 2.64. The van der Waals surface area contributed by atoms with Crippen LogP contribution >= 0.6 is 0 Å². The minimum Gasteiger partial charge on any atom is -0.494 e. The van der Waals surface area contributed by atoms with E-state index >= 15 is 0 Å². The van der Waals surface area contributed by atoms with E-state index in [4.69, 9.17) is 10.5 Å². The van der Waals surface area contributed by atoms with Crippen LogP contribution in [0, 0.1) is 5.92 Å². The quantitative estimate of drug-likeness (QED) is 0.805. The fourth-order valence-electron chi connectivity index (χ4n) is 1.44. The van der Waals surface area contributed by atoms with Gasteiger partial charge in [-0.2, -0.15) is 0 Å². The van der Waals surface area contributed by atoms with E-state index in [1.165, 1.54) is 5.56 Å². The summed E-state index contributed by atoms with van der Waals surface area (Å²) in [7, 11) is 0. The maximum atomic E-state index is 6.03. The van der Waals surface area contributed by atoms with Gasteiger partial charge in [-0.25, -0.2) is 0 Å². The summed E-state index contributed by atoms with van der Waals surface area (Å²) in [5.41, 5.74) is 7.28. The van der Waals surface area contributed by atoms with Crippen LogP contribution < -0.4 is 10.5 Å². The third kappa shape index (κ3) is 3.92. The molecule has 1 unspecified atom stereocenters. The zero-order chi connectivity index (χ0) is 11.3. The van der Waals surface area contributed by atoms with Gasteiger partial charge in [0.1, 0.15) is 5.75 Å². The number of benzene rings is 1. The highest BCUT2D eigenvalue weighted by molar-refractivity contribution is 5.29. The van der Waals surface area contributed by atoms with Crippen LogP contribution in [0.15, 0.2) is 24.3 Å². The molecule has 15 heavy (non-hydrogen) atoms. The molecular formula is C13H21NO. The van der Waals surface area contributed by atoms with Gasteiger partial charge in [0.2, 0.25) is 0 Å². The predicted molar refractivity (Wildman–Crippen MR) is 64.1 cm³/mol. The molecule has 2 nitrogen and oxygen atoms in total. The van der Waals surface area contributed by atoms with Crippen LogP contribution in [-0.2, 0) is 6.42 Å². The molecule has 2 N–H and O–H groups in total. The first-order valence-corrected chi connectivity index (χ1v) is 5.60. The van der Waals surface area contributed by atoms with E-state index in [0.717, 1.165) is 12.2 Å². The average molecular weight is 207 g/mol. The van der Waals surface area contributed by atoms with Crippen LogP contribution in [0.4, 0.5) is 0 Å². The number of hydrogen-bond donors (Lipinski definition) is 1. The Morgan fingerprint density at radius 2 is 2.07 bits per heavy atom. The van der Waals surface area contributed by atoms with Crippen molar-refractivity contribution in [1.82, 2.24) is 0 Å². The first-order valence-electron chi connectivity index (χ1n) is 5.60. The highest BCUT2D eigenvalue weighted by Gasteiger charge is 2.08. The normalized spacial score (nSPS) is 12.9. The van der Waals surface area contributed by atoms with Gasteiger partial charge >= 0.3 is 0 Å². The smallest absolute Gasteiger partial charge is 0.119 e. The van der Waals surface area contributed by atoms with Crippen molar-refractivity contribution in [2.75, 3.05) is 6.61 Å². The third-order valence-electron chi connectivity index (χ3n) is 2.54. The molecule has 0 bridgehead atoms. The van der Waals surface area contributed by atoms with Gasteiger partial charge in [0.25, 0.3) is 0 Å². The van der Waals surface area contributed by atoms with Crippen LogP contribution in [0.25, 0.3) is 0 Å². The molecule has 84 valence electrons. The van der Waals surface area contributed by atoms with Gasteiger partial charge in [0, 0.05) is 6.04 Å². The van der Waals surface area contributed by atoms with E-state index in [1.54, 1.807) is 0 Å². The molecule has 0 heterocycles. The highest BCUT2D eigenvalue weighted by Crippen LogP contribution is 2.15. The summed E-state index contributed by atoms with van der Waals surface area (Å²) in [6.45, 7) is 7.00. The Morgan fingerprint density at radius 1 is 1.33 bits per heavy atom. The number of ether oxygens (including phenoxy) is 1. The maximum absolute atomic E-state index is 6.03. The van der Waals surface area contributed by atoms with E-state index in [-0.39, 0.29) is 6.04 Å². The molecule has 2 heteroatoms. The summed E-state index contributed by atoms with van der Waals surface area (Å²) in [5.74, 6) is 1.45. The Labute approximate surface area is 92.4 Å². The van der Waals surface area contributed by atoms with Gasteiger partial charge in [0.05, 0.1) is 6.61 Å². The summed E-state index contributed by atoms with van der Waals surface area (Å²) in [6.07, 6.45) is 0.915. The Morgan fingerprint density at radius 3 is 2.67 bits per heavy atom. The zero-order valence-electron chi connectivity index (χ0n) is 9.86. The van der Waals surface area contributed by atoms with Crippen molar-refractivity contribution >= 4 is 0 Å². The molecule has 0 radical (unpaired) electrons. The summed E-state index contributed by atoms with van der Waals surface area (Å²) < 4.78 is 5.45. The van der Waals surface area contributed by atoms with Gasteiger partial charge in [0.15, 0.2) is 0 Å². The van der Waals surface area contributed by atoms with E-state index in [0.29, 0.717) is 12.5 Å². The van der Waals surface area contributed by atoms with E-state index < -0.39 is 0 Å². The molecule has 0 aliphatic carbocycles. The van der Waals surface area contributed by atoms with Gasteiger partial charge in [-0.05, 0) is 37.0 Å². The topological polar surface area (TPSA) is 35.2 Å².